The molecule has 0 heterocycles. The van der Waals surface area contributed by atoms with Crippen LogP contribution < -0.4 is 0 Å². The second kappa shape index (κ2) is 6.33. The molecule has 0 atom stereocenters. The van der Waals surface area contributed by atoms with Crippen LogP contribution in [0.25, 0.3) is 6.08 Å². The second-order valence-corrected chi connectivity index (χ2v) is 3.62. The van der Waals surface area contributed by atoms with Crippen molar-refractivity contribution >= 4 is 12.0 Å². The molecule has 1 N–H and O–H groups in total. The van der Waals surface area contributed by atoms with Crippen LogP contribution in [0.15, 0.2) is 24.3 Å². The zero-order valence-corrected chi connectivity index (χ0v) is 9.58. The van der Waals surface area contributed by atoms with Crippen molar-refractivity contribution in [3.05, 3.63) is 41.2 Å². The number of ether oxygens (including phenoxy) is 1. The van der Waals surface area contributed by atoms with Crippen LogP contribution in [0.3, 0.4) is 0 Å². The van der Waals surface area contributed by atoms with E-state index in [1.807, 2.05) is 0 Å². The molecule has 0 saturated heterocycles. The predicted molar refractivity (Wildman–Crippen MR) is 58.8 cm³/mol. The standard InChI is InChI=1S/C12H10F4O3/c13-10-3-1-9(6-19-7-12(14,15)16)8(5-10)2-4-11(17)18/h1-5H,6-7H2,(H,17,18). The normalized spacial score (nSPS) is 12.0. The minimum Gasteiger partial charge on any atom is -0.478 e. The van der Waals surface area contributed by atoms with Gasteiger partial charge in [-0.1, -0.05) is 6.07 Å². The first-order valence-electron chi connectivity index (χ1n) is 5.12. The Balaban J connectivity index is 2.79. The van der Waals surface area contributed by atoms with Crippen molar-refractivity contribution in [2.24, 2.45) is 0 Å². The van der Waals surface area contributed by atoms with Gasteiger partial charge in [0, 0.05) is 6.08 Å². The van der Waals surface area contributed by atoms with Crippen molar-refractivity contribution in [2.45, 2.75) is 12.8 Å². The topological polar surface area (TPSA) is 46.5 Å². The molecule has 1 rings (SSSR count). The van der Waals surface area contributed by atoms with Crippen molar-refractivity contribution in [3.8, 4) is 0 Å². The van der Waals surface area contributed by atoms with Gasteiger partial charge >= 0.3 is 12.1 Å². The third kappa shape index (κ3) is 6.01. The summed E-state index contributed by atoms with van der Waals surface area (Å²) < 4.78 is 53.1. The second-order valence-electron chi connectivity index (χ2n) is 3.62. The Hall–Kier alpha value is -1.89. The van der Waals surface area contributed by atoms with Crippen LogP contribution in [-0.4, -0.2) is 23.9 Å². The molecule has 1 aromatic carbocycles. The summed E-state index contributed by atoms with van der Waals surface area (Å²) in [7, 11) is 0. The molecule has 1 aromatic rings. The first-order valence-corrected chi connectivity index (χ1v) is 5.12. The maximum absolute atomic E-state index is 13.0. The molecule has 0 aliphatic heterocycles. The Bertz CT molecular complexity index is 480. The first-order chi connectivity index (χ1) is 8.78. The number of carboxylic acid groups (broad SMARTS) is 1. The van der Waals surface area contributed by atoms with Gasteiger partial charge in [-0.15, -0.1) is 0 Å². The lowest BCUT2D eigenvalue weighted by Gasteiger charge is -2.09. The summed E-state index contributed by atoms with van der Waals surface area (Å²) in [6, 6.07) is 3.32. The largest absolute Gasteiger partial charge is 0.478 e. The summed E-state index contributed by atoms with van der Waals surface area (Å²) in [4.78, 5) is 10.4. The minimum atomic E-state index is -4.45. The van der Waals surface area contributed by atoms with Crippen LogP contribution in [-0.2, 0) is 16.1 Å². The van der Waals surface area contributed by atoms with Crippen molar-refractivity contribution < 1.29 is 32.2 Å². The van der Waals surface area contributed by atoms with Gasteiger partial charge in [0.05, 0.1) is 6.61 Å². The summed E-state index contributed by atoms with van der Waals surface area (Å²) in [5.74, 6) is -1.86. The third-order valence-corrected chi connectivity index (χ3v) is 2.04. The molecule has 0 radical (unpaired) electrons. The summed E-state index contributed by atoms with van der Waals surface area (Å²) in [5, 5.41) is 8.46. The maximum Gasteiger partial charge on any atom is 0.411 e. The molecule has 0 bridgehead atoms. The summed E-state index contributed by atoms with van der Waals surface area (Å²) in [6.45, 7) is -1.81. The molecule has 0 aliphatic carbocycles. The van der Waals surface area contributed by atoms with E-state index >= 15 is 0 Å². The molecule has 0 fully saturated rings. The van der Waals surface area contributed by atoms with Gasteiger partial charge in [0.2, 0.25) is 0 Å². The number of hydrogen-bond acceptors (Lipinski definition) is 2. The van der Waals surface area contributed by atoms with Gasteiger partial charge in [-0.25, -0.2) is 9.18 Å². The molecule has 19 heavy (non-hydrogen) atoms. The smallest absolute Gasteiger partial charge is 0.411 e. The third-order valence-electron chi connectivity index (χ3n) is 2.04. The van der Waals surface area contributed by atoms with E-state index in [1.165, 1.54) is 6.07 Å². The molecule has 0 amide bonds. The number of aliphatic carboxylic acids is 1. The van der Waals surface area contributed by atoms with Gasteiger partial charge in [-0.3, -0.25) is 0 Å². The monoisotopic (exact) mass is 278 g/mol. The summed E-state index contributed by atoms with van der Waals surface area (Å²) >= 11 is 0. The van der Waals surface area contributed by atoms with E-state index in [0.29, 0.717) is 0 Å². The average molecular weight is 278 g/mol. The fourth-order valence-electron chi connectivity index (χ4n) is 1.29. The van der Waals surface area contributed by atoms with Crippen molar-refractivity contribution in [1.29, 1.82) is 0 Å². The van der Waals surface area contributed by atoms with Crippen molar-refractivity contribution in [2.75, 3.05) is 6.61 Å². The Morgan fingerprint density at radius 1 is 1.37 bits per heavy atom. The highest BCUT2D eigenvalue weighted by atomic mass is 19.4. The molecule has 0 spiro atoms. The first kappa shape index (κ1) is 15.2. The van der Waals surface area contributed by atoms with E-state index in [4.69, 9.17) is 5.11 Å². The Morgan fingerprint density at radius 2 is 2.05 bits per heavy atom. The predicted octanol–water partition coefficient (Wildman–Crippen LogP) is 3.00. The number of carboxylic acids is 1. The molecule has 104 valence electrons. The van der Waals surface area contributed by atoms with E-state index in [-0.39, 0.29) is 17.7 Å². The summed E-state index contributed by atoms with van der Waals surface area (Å²) in [5.41, 5.74) is 0.424. The molecular formula is C12H10F4O3. The zero-order valence-electron chi connectivity index (χ0n) is 9.58. The van der Waals surface area contributed by atoms with E-state index in [9.17, 15) is 22.4 Å². The lowest BCUT2D eigenvalue weighted by molar-refractivity contribution is -0.176. The van der Waals surface area contributed by atoms with Crippen LogP contribution in [0.2, 0.25) is 0 Å². The van der Waals surface area contributed by atoms with Gasteiger partial charge in [0.15, 0.2) is 0 Å². The fraction of sp³-hybridized carbons (Fsp3) is 0.250. The molecule has 0 aromatic heterocycles. The highest BCUT2D eigenvalue weighted by Crippen LogP contribution is 2.18. The zero-order chi connectivity index (χ0) is 14.5. The molecule has 0 aliphatic rings. The maximum atomic E-state index is 13.0. The number of hydrogen-bond donors (Lipinski definition) is 1. The Labute approximate surface area is 106 Å². The van der Waals surface area contributed by atoms with Crippen LogP contribution in [0, 0.1) is 5.82 Å². The average Bonchev–Trinajstić information content (AvgIpc) is 2.27. The van der Waals surface area contributed by atoms with Crippen LogP contribution in [0.1, 0.15) is 11.1 Å². The van der Waals surface area contributed by atoms with Crippen molar-refractivity contribution in [1.82, 2.24) is 0 Å². The number of rotatable bonds is 5. The molecular weight excluding hydrogens is 268 g/mol. The number of alkyl halides is 3. The SMILES string of the molecule is O=C(O)C=Cc1cc(F)ccc1COCC(F)(F)F. The highest BCUT2D eigenvalue weighted by Gasteiger charge is 2.27. The number of carbonyl (C=O) groups is 1. The molecule has 0 unspecified atom stereocenters. The van der Waals surface area contributed by atoms with E-state index < -0.39 is 24.6 Å². The Morgan fingerprint density at radius 3 is 2.63 bits per heavy atom. The summed E-state index contributed by atoms with van der Waals surface area (Å²) in [6.07, 6.45) is -2.59. The van der Waals surface area contributed by atoms with Gasteiger partial charge < -0.3 is 9.84 Å². The fourth-order valence-corrected chi connectivity index (χ4v) is 1.29. The lowest BCUT2D eigenvalue weighted by atomic mass is 10.1. The number of benzene rings is 1. The van der Waals surface area contributed by atoms with E-state index in [2.05, 4.69) is 4.74 Å². The number of halogens is 4. The van der Waals surface area contributed by atoms with E-state index in [0.717, 1.165) is 24.3 Å². The highest BCUT2D eigenvalue weighted by molar-refractivity contribution is 5.85. The van der Waals surface area contributed by atoms with Crippen LogP contribution in [0.5, 0.6) is 0 Å². The lowest BCUT2D eigenvalue weighted by Crippen LogP contribution is -2.16. The van der Waals surface area contributed by atoms with Crippen LogP contribution in [0.4, 0.5) is 17.6 Å². The molecule has 7 heteroatoms. The van der Waals surface area contributed by atoms with Gasteiger partial charge in [0.25, 0.3) is 0 Å². The van der Waals surface area contributed by atoms with Gasteiger partial charge in [-0.05, 0) is 29.3 Å². The van der Waals surface area contributed by atoms with Gasteiger partial charge in [0.1, 0.15) is 12.4 Å². The van der Waals surface area contributed by atoms with Crippen LogP contribution >= 0.6 is 0 Å². The van der Waals surface area contributed by atoms with Gasteiger partial charge in [-0.2, -0.15) is 13.2 Å². The van der Waals surface area contributed by atoms with Crippen molar-refractivity contribution in [3.63, 3.8) is 0 Å². The minimum absolute atomic E-state index is 0.157. The molecule has 3 nitrogen and oxygen atoms in total. The quantitative estimate of drug-likeness (QED) is 0.665. The molecule has 0 saturated carbocycles. The Kier molecular flexibility index (Phi) is 5.05. The van der Waals surface area contributed by atoms with E-state index in [1.54, 1.807) is 0 Å².